The summed E-state index contributed by atoms with van der Waals surface area (Å²) >= 11 is 0. The van der Waals surface area contributed by atoms with Gasteiger partial charge in [-0.3, -0.25) is 14.6 Å². The molecule has 6 nitrogen and oxygen atoms in total. The molecule has 0 radical (unpaired) electrons. The third-order valence-corrected chi connectivity index (χ3v) is 5.79. The fourth-order valence-electron chi connectivity index (χ4n) is 4.10. The van der Waals surface area contributed by atoms with Crippen LogP contribution >= 0.6 is 0 Å². The van der Waals surface area contributed by atoms with Crippen LogP contribution in [-0.4, -0.2) is 58.9 Å². The molecule has 2 heterocycles. The molecule has 1 fully saturated rings. The highest BCUT2D eigenvalue weighted by Crippen LogP contribution is 2.26. The molecular weight excluding hydrogens is 402 g/mol. The van der Waals surface area contributed by atoms with Crippen LogP contribution in [0.3, 0.4) is 0 Å². The van der Waals surface area contributed by atoms with E-state index in [4.69, 9.17) is 4.74 Å². The van der Waals surface area contributed by atoms with Gasteiger partial charge in [0.15, 0.2) is 6.61 Å². The van der Waals surface area contributed by atoms with Crippen molar-refractivity contribution in [3.63, 3.8) is 0 Å². The Hall–Kier alpha value is -3.67. The van der Waals surface area contributed by atoms with E-state index in [1.807, 2.05) is 84.8 Å². The first kappa shape index (κ1) is 21.6. The molecule has 6 heteroatoms. The predicted octanol–water partition coefficient (Wildman–Crippen LogP) is 3.43. The van der Waals surface area contributed by atoms with Gasteiger partial charge in [-0.15, -0.1) is 0 Å². The van der Waals surface area contributed by atoms with Crippen LogP contribution in [0.1, 0.15) is 12.5 Å². The standard InChI is InChI=1S/C26H27N3O3/c1-2-28-15-16-29(25(30)19-32-22-11-4-3-5-12-22)24(26(28)31)17-20-9-6-7-13-23(20)21-10-8-14-27-18-21/h3-14,18,24H,2,15-17,19H2,1H3. The van der Waals surface area contributed by atoms with Crippen molar-refractivity contribution in [3.05, 3.63) is 84.7 Å². The van der Waals surface area contributed by atoms with Gasteiger partial charge < -0.3 is 14.5 Å². The second-order valence-electron chi connectivity index (χ2n) is 7.73. The van der Waals surface area contributed by atoms with E-state index in [0.717, 1.165) is 16.7 Å². The molecule has 1 atom stereocenters. The summed E-state index contributed by atoms with van der Waals surface area (Å²) in [6, 6.07) is 20.6. The van der Waals surface area contributed by atoms with Crippen LogP contribution in [0, 0.1) is 0 Å². The Morgan fingerprint density at radius 3 is 2.56 bits per heavy atom. The molecule has 0 bridgehead atoms. The molecule has 32 heavy (non-hydrogen) atoms. The van der Waals surface area contributed by atoms with E-state index < -0.39 is 6.04 Å². The summed E-state index contributed by atoms with van der Waals surface area (Å²) in [5, 5.41) is 0. The number of aromatic nitrogens is 1. The molecular formula is C26H27N3O3. The minimum atomic E-state index is -0.562. The van der Waals surface area contributed by atoms with Crippen molar-refractivity contribution >= 4 is 11.8 Å². The van der Waals surface area contributed by atoms with Gasteiger partial charge in [0.1, 0.15) is 11.8 Å². The summed E-state index contributed by atoms with van der Waals surface area (Å²) in [7, 11) is 0. The molecule has 1 saturated heterocycles. The number of carbonyl (C=O) groups is 2. The van der Waals surface area contributed by atoms with Gasteiger partial charge in [0, 0.05) is 44.0 Å². The van der Waals surface area contributed by atoms with E-state index in [0.29, 0.717) is 31.8 Å². The number of carbonyl (C=O) groups excluding carboxylic acids is 2. The topological polar surface area (TPSA) is 62.7 Å². The van der Waals surface area contributed by atoms with Gasteiger partial charge in [0.05, 0.1) is 0 Å². The molecule has 0 saturated carbocycles. The van der Waals surface area contributed by atoms with E-state index in [1.165, 1.54) is 0 Å². The summed E-state index contributed by atoms with van der Waals surface area (Å²) in [6.45, 7) is 3.53. The van der Waals surface area contributed by atoms with Crippen molar-refractivity contribution in [2.24, 2.45) is 0 Å². The lowest BCUT2D eigenvalue weighted by Crippen LogP contribution is -2.60. The third kappa shape index (κ3) is 4.80. The molecule has 164 valence electrons. The molecule has 4 rings (SSSR count). The number of likely N-dealkylation sites (N-methyl/N-ethyl adjacent to an activating group) is 1. The summed E-state index contributed by atoms with van der Waals surface area (Å²) < 4.78 is 5.68. The van der Waals surface area contributed by atoms with Crippen molar-refractivity contribution in [1.82, 2.24) is 14.8 Å². The molecule has 3 aromatic rings. The quantitative estimate of drug-likeness (QED) is 0.577. The van der Waals surface area contributed by atoms with E-state index in [9.17, 15) is 9.59 Å². The zero-order valence-electron chi connectivity index (χ0n) is 18.2. The lowest BCUT2D eigenvalue weighted by atomic mass is 9.94. The van der Waals surface area contributed by atoms with Crippen molar-refractivity contribution in [2.75, 3.05) is 26.2 Å². The van der Waals surface area contributed by atoms with Crippen molar-refractivity contribution < 1.29 is 14.3 Å². The monoisotopic (exact) mass is 429 g/mol. The summed E-state index contributed by atoms with van der Waals surface area (Å²) in [5.41, 5.74) is 3.03. The van der Waals surface area contributed by atoms with Crippen LogP contribution < -0.4 is 4.74 Å². The van der Waals surface area contributed by atoms with Crippen LogP contribution in [0.25, 0.3) is 11.1 Å². The van der Waals surface area contributed by atoms with E-state index >= 15 is 0 Å². The third-order valence-electron chi connectivity index (χ3n) is 5.79. The van der Waals surface area contributed by atoms with Crippen LogP contribution in [0.5, 0.6) is 5.75 Å². The fraction of sp³-hybridized carbons (Fsp3) is 0.269. The summed E-state index contributed by atoms with van der Waals surface area (Å²) in [5.74, 6) is 0.437. The molecule has 0 aliphatic carbocycles. The molecule has 1 aromatic heterocycles. The van der Waals surface area contributed by atoms with Gasteiger partial charge in [-0.25, -0.2) is 0 Å². The lowest BCUT2D eigenvalue weighted by Gasteiger charge is -2.40. The molecule has 0 spiro atoms. The molecule has 2 amide bonds. The zero-order valence-corrected chi connectivity index (χ0v) is 18.2. The summed E-state index contributed by atoms with van der Waals surface area (Å²) in [6.07, 6.45) is 4.00. The fourth-order valence-corrected chi connectivity index (χ4v) is 4.10. The maximum atomic E-state index is 13.3. The number of pyridine rings is 1. The number of amides is 2. The highest BCUT2D eigenvalue weighted by molar-refractivity contribution is 5.90. The van der Waals surface area contributed by atoms with Crippen molar-refractivity contribution in [3.8, 4) is 16.9 Å². The number of hydrogen-bond acceptors (Lipinski definition) is 4. The smallest absolute Gasteiger partial charge is 0.261 e. The van der Waals surface area contributed by atoms with Crippen LogP contribution in [0.2, 0.25) is 0 Å². The summed E-state index contributed by atoms with van der Waals surface area (Å²) in [4.78, 5) is 34.1. The van der Waals surface area contributed by atoms with E-state index in [-0.39, 0.29) is 18.4 Å². The largest absolute Gasteiger partial charge is 0.484 e. The number of ether oxygens (including phenoxy) is 1. The molecule has 1 unspecified atom stereocenters. The van der Waals surface area contributed by atoms with E-state index in [2.05, 4.69) is 4.98 Å². The maximum absolute atomic E-state index is 13.3. The molecule has 1 aliphatic rings. The van der Waals surface area contributed by atoms with Crippen LogP contribution in [-0.2, 0) is 16.0 Å². The Kier molecular flexibility index (Phi) is 6.80. The number of piperazine rings is 1. The normalized spacial score (nSPS) is 16.2. The maximum Gasteiger partial charge on any atom is 0.261 e. The second-order valence-corrected chi connectivity index (χ2v) is 7.73. The number of para-hydroxylation sites is 1. The van der Waals surface area contributed by atoms with Gasteiger partial charge in [-0.05, 0) is 36.2 Å². The predicted molar refractivity (Wildman–Crippen MR) is 123 cm³/mol. The number of benzene rings is 2. The first-order valence-electron chi connectivity index (χ1n) is 10.9. The van der Waals surface area contributed by atoms with Gasteiger partial charge >= 0.3 is 0 Å². The second kappa shape index (κ2) is 10.1. The minimum absolute atomic E-state index is 0.0206. The van der Waals surface area contributed by atoms with Crippen LogP contribution in [0.15, 0.2) is 79.1 Å². The SMILES string of the molecule is CCN1CCN(C(=O)COc2ccccc2)C(Cc2ccccc2-c2cccnc2)C1=O. The number of rotatable bonds is 7. The van der Waals surface area contributed by atoms with Gasteiger partial charge in [0.25, 0.3) is 5.91 Å². The van der Waals surface area contributed by atoms with Crippen LogP contribution in [0.4, 0.5) is 0 Å². The average molecular weight is 430 g/mol. The molecule has 2 aromatic carbocycles. The average Bonchev–Trinajstić information content (AvgIpc) is 2.85. The van der Waals surface area contributed by atoms with E-state index in [1.54, 1.807) is 11.1 Å². The lowest BCUT2D eigenvalue weighted by molar-refractivity contribution is -0.152. The Balaban J connectivity index is 1.57. The first-order chi connectivity index (χ1) is 15.7. The van der Waals surface area contributed by atoms with Gasteiger partial charge in [-0.1, -0.05) is 48.5 Å². The Morgan fingerprint density at radius 1 is 1.03 bits per heavy atom. The van der Waals surface area contributed by atoms with Crippen molar-refractivity contribution in [2.45, 2.75) is 19.4 Å². The van der Waals surface area contributed by atoms with Gasteiger partial charge in [-0.2, -0.15) is 0 Å². The number of nitrogens with zero attached hydrogens (tertiary/aromatic N) is 3. The Morgan fingerprint density at radius 2 is 1.81 bits per heavy atom. The number of hydrogen-bond donors (Lipinski definition) is 0. The van der Waals surface area contributed by atoms with Crippen molar-refractivity contribution in [1.29, 1.82) is 0 Å². The molecule has 1 aliphatic heterocycles. The first-order valence-corrected chi connectivity index (χ1v) is 10.9. The Bertz CT molecular complexity index is 1060. The minimum Gasteiger partial charge on any atom is -0.484 e. The highest BCUT2D eigenvalue weighted by atomic mass is 16.5. The Labute approximate surface area is 188 Å². The zero-order chi connectivity index (χ0) is 22.3. The highest BCUT2D eigenvalue weighted by Gasteiger charge is 2.37. The van der Waals surface area contributed by atoms with Gasteiger partial charge in [0.2, 0.25) is 5.91 Å². The molecule has 0 N–H and O–H groups in total.